The molecule has 0 saturated heterocycles. The van der Waals surface area contributed by atoms with Crippen molar-refractivity contribution in [1.29, 1.82) is 0 Å². The van der Waals surface area contributed by atoms with Gasteiger partial charge in [0.15, 0.2) is 0 Å². The van der Waals surface area contributed by atoms with E-state index < -0.39 is 0 Å². The second kappa shape index (κ2) is 10.3. The number of benzene rings is 2. The van der Waals surface area contributed by atoms with Gasteiger partial charge in [0, 0.05) is 12.1 Å². The van der Waals surface area contributed by atoms with E-state index in [9.17, 15) is 4.79 Å². The molecule has 0 aliphatic heterocycles. The fourth-order valence-corrected chi connectivity index (χ4v) is 3.26. The predicted molar refractivity (Wildman–Crippen MR) is 118 cm³/mol. The largest absolute Gasteiger partial charge is 0.488 e. The van der Waals surface area contributed by atoms with Crippen molar-refractivity contribution in [2.24, 2.45) is 0 Å². The first-order chi connectivity index (χ1) is 14.5. The number of ether oxygens (including phenoxy) is 1. The van der Waals surface area contributed by atoms with Gasteiger partial charge in [-0.25, -0.2) is 4.89 Å². The summed E-state index contributed by atoms with van der Waals surface area (Å²) in [5.74, 6) is 0.613. The molecule has 0 amide bonds. The summed E-state index contributed by atoms with van der Waals surface area (Å²) in [5.41, 5.74) is 3.22. The fraction of sp³-hybridized carbons (Fsp3) is 0.208. The molecule has 0 aliphatic rings. The van der Waals surface area contributed by atoms with Crippen molar-refractivity contribution >= 4 is 23.5 Å². The number of halogens is 1. The number of hydrogen-bond acceptors (Lipinski definition) is 4. The molecule has 6 heteroatoms. The molecule has 0 saturated carbocycles. The van der Waals surface area contributed by atoms with Gasteiger partial charge in [0.2, 0.25) is 5.78 Å². The molecule has 0 unspecified atom stereocenters. The third-order valence-corrected chi connectivity index (χ3v) is 4.91. The minimum Gasteiger partial charge on any atom is -0.488 e. The van der Waals surface area contributed by atoms with Crippen LogP contribution in [0.25, 0.3) is 6.08 Å². The number of carbonyl (C=O) groups excluding carboxylic acids is 1. The summed E-state index contributed by atoms with van der Waals surface area (Å²) < 4.78 is 7.46. The maximum absolute atomic E-state index is 12.9. The Balaban J connectivity index is 1.72. The van der Waals surface area contributed by atoms with Crippen LogP contribution in [0.3, 0.4) is 0 Å². The molecular formula is C24H24ClNO4. The topological polar surface area (TPSA) is 60.7 Å². The Labute approximate surface area is 181 Å². The highest BCUT2D eigenvalue weighted by Gasteiger charge is 2.15. The lowest BCUT2D eigenvalue weighted by molar-refractivity contribution is -0.253. The van der Waals surface area contributed by atoms with Crippen molar-refractivity contribution < 1.29 is 19.7 Å². The summed E-state index contributed by atoms with van der Waals surface area (Å²) in [4.78, 5) is 17.0. The van der Waals surface area contributed by atoms with E-state index in [2.05, 4.69) is 4.89 Å². The number of ketones is 1. The molecular weight excluding hydrogens is 402 g/mol. The lowest BCUT2D eigenvalue weighted by atomic mass is 10.1. The number of aryl methyl sites for hydroxylation is 1. The fourth-order valence-electron chi connectivity index (χ4n) is 3.04. The molecule has 1 heterocycles. The number of rotatable bonds is 9. The van der Waals surface area contributed by atoms with Gasteiger partial charge in [0.1, 0.15) is 23.6 Å². The predicted octanol–water partition coefficient (Wildman–Crippen LogP) is 5.65. The Hall–Kier alpha value is -2.86. The van der Waals surface area contributed by atoms with Crippen molar-refractivity contribution in [3.63, 3.8) is 0 Å². The molecule has 2 aromatic carbocycles. The van der Waals surface area contributed by atoms with Crippen molar-refractivity contribution in [3.05, 3.63) is 94.3 Å². The van der Waals surface area contributed by atoms with Gasteiger partial charge >= 0.3 is 0 Å². The molecule has 0 bridgehead atoms. The quantitative estimate of drug-likeness (QED) is 0.273. The summed E-state index contributed by atoms with van der Waals surface area (Å²) >= 11 is 6.32. The van der Waals surface area contributed by atoms with Gasteiger partial charge in [-0.15, -0.1) is 0 Å². The van der Waals surface area contributed by atoms with Crippen LogP contribution in [0.1, 0.15) is 34.1 Å². The summed E-state index contributed by atoms with van der Waals surface area (Å²) in [6, 6.07) is 18.5. The zero-order chi connectivity index (χ0) is 21.5. The van der Waals surface area contributed by atoms with Gasteiger partial charge in [0.25, 0.3) is 0 Å². The Morgan fingerprint density at radius 2 is 1.93 bits per heavy atom. The third kappa shape index (κ3) is 5.60. The first kappa shape index (κ1) is 21.8. The van der Waals surface area contributed by atoms with Crippen molar-refractivity contribution in [2.45, 2.75) is 26.5 Å². The van der Waals surface area contributed by atoms with E-state index in [-0.39, 0.29) is 18.5 Å². The number of allylic oxidation sites excluding steroid dienone is 1. The molecule has 0 aliphatic carbocycles. The molecule has 1 atom stereocenters. The van der Waals surface area contributed by atoms with Crippen molar-refractivity contribution in [2.75, 3.05) is 6.61 Å². The summed E-state index contributed by atoms with van der Waals surface area (Å²) in [7, 11) is 0. The van der Waals surface area contributed by atoms with Crippen LogP contribution in [-0.2, 0) is 11.4 Å². The summed E-state index contributed by atoms with van der Waals surface area (Å²) in [5, 5.41) is 9.02. The SMILES string of the molecule is Cc1ccc(C(=O)c2ccc(Cl)n2CC=Cc2cccc(O[C@@H](C)COO)c2)cc1. The van der Waals surface area contributed by atoms with Gasteiger partial charge in [-0.05, 0) is 43.7 Å². The smallest absolute Gasteiger partial charge is 0.209 e. The average molecular weight is 426 g/mol. The molecule has 3 rings (SSSR count). The van der Waals surface area contributed by atoms with Gasteiger partial charge in [0.05, 0.1) is 5.69 Å². The lowest BCUT2D eigenvalue weighted by Gasteiger charge is -2.13. The van der Waals surface area contributed by atoms with Crippen LogP contribution in [0.15, 0.2) is 66.7 Å². The molecule has 0 radical (unpaired) electrons. The monoisotopic (exact) mass is 425 g/mol. The van der Waals surface area contributed by atoms with Gasteiger partial charge < -0.3 is 9.30 Å². The lowest BCUT2D eigenvalue weighted by Crippen LogP contribution is -2.18. The second-order valence-corrected chi connectivity index (χ2v) is 7.43. The van der Waals surface area contributed by atoms with Crippen LogP contribution >= 0.6 is 11.6 Å². The first-order valence-corrected chi connectivity index (χ1v) is 10.0. The minimum absolute atomic E-state index is 0.0641. The highest BCUT2D eigenvalue weighted by Crippen LogP contribution is 2.20. The summed E-state index contributed by atoms with van der Waals surface area (Å²) in [6.45, 7) is 4.33. The van der Waals surface area contributed by atoms with Crippen molar-refractivity contribution in [3.8, 4) is 5.75 Å². The van der Waals surface area contributed by atoms with E-state index in [0.29, 0.717) is 28.7 Å². The number of carbonyl (C=O) groups is 1. The van der Waals surface area contributed by atoms with E-state index in [0.717, 1.165) is 11.1 Å². The second-order valence-electron chi connectivity index (χ2n) is 7.05. The van der Waals surface area contributed by atoms with Crippen molar-refractivity contribution in [1.82, 2.24) is 4.57 Å². The minimum atomic E-state index is -0.275. The van der Waals surface area contributed by atoms with Gasteiger partial charge in [-0.2, -0.15) is 0 Å². The standard InChI is InChI=1S/C24H24ClNO4/c1-17-8-10-20(11-9-17)24(27)22-12-13-23(25)26(22)14-4-6-19-5-3-7-21(15-19)30-18(2)16-29-28/h3-13,15,18,28H,14,16H2,1-2H3/t18-/m0/s1. The van der Waals surface area contributed by atoms with E-state index >= 15 is 0 Å². The van der Waals surface area contributed by atoms with Crippen LogP contribution in [0.2, 0.25) is 5.15 Å². The highest BCUT2D eigenvalue weighted by molar-refractivity contribution is 6.30. The maximum atomic E-state index is 12.9. The molecule has 156 valence electrons. The van der Waals surface area contributed by atoms with Crippen LogP contribution in [0, 0.1) is 6.92 Å². The van der Waals surface area contributed by atoms with E-state index in [1.165, 1.54) is 0 Å². The first-order valence-electron chi connectivity index (χ1n) is 9.64. The Morgan fingerprint density at radius 1 is 1.17 bits per heavy atom. The number of hydrogen-bond donors (Lipinski definition) is 1. The molecule has 0 spiro atoms. The Morgan fingerprint density at radius 3 is 2.67 bits per heavy atom. The highest BCUT2D eigenvalue weighted by atomic mass is 35.5. The van der Waals surface area contributed by atoms with Crippen LogP contribution in [0.5, 0.6) is 5.75 Å². The Bertz CT molecular complexity index is 1020. The average Bonchev–Trinajstić information content (AvgIpc) is 3.09. The number of aromatic nitrogens is 1. The van der Waals surface area contributed by atoms with Crippen LogP contribution in [-0.4, -0.2) is 28.3 Å². The third-order valence-electron chi connectivity index (χ3n) is 4.58. The summed E-state index contributed by atoms with van der Waals surface area (Å²) in [6.07, 6.45) is 3.61. The van der Waals surface area contributed by atoms with Crippen LogP contribution in [0.4, 0.5) is 0 Å². The zero-order valence-corrected chi connectivity index (χ0v) is 17.7. The molecule has 0 fully saturated rings. The molecule has 3 aromatic rings. The molecule has 30 heavy (non-hydrogen) atoms. The number of nitrogens with zero attached hydrogens (tertiary/aromatic N) is 1. The molecule has 5 nitrogen and oxygen atoms in total. The van der Waals surface area contributed by atoms with E-state index in [4.69, 9.17) is 21.6 Å². The van der Waals surface area contributed by atoms with E-state index in [1.807, 2.05) is 67.6 Å². The van der Waals surface area contributed by atoms with Crippen LogP contribution < -0.4 is 4.74 Å². The van der Waals surface area contributed by atoms with E-state index in [1.54, 1.807) is 23.6 Å². The maximum Gasteiger partial charge on any atom is 0.209 e. The zero-order valence-electron chi connectivity index (χ0n) is 16.9. The normalized spacial score (nSPS) is 12.3. The Kier molecular flexibility index (Phi) is 7.46. The molecule has 1 aromatic heterocycles. The van der Waals surface area contributed by atoms with Gasteiger partial charge in [-0.1, -0.05) is 65.7 Å². The molecule has 1 N–H and O–H groups in total. The van der Waals surface area contributed by atoms with Gasteiger partial charge in [-0.3, -0.25) is 10.1 Å².